The van der Waals surface area contributed by atoms with Crippen LogP contribution in [-0.2, 0) is 40.0 Å². The van der Waals surface area contributed by atoms with Crippen LogP contribution in [0.3, 0.4) is 0 Å². The third-order valence-electron chi connectivity index (χ3n) is 10.4. The first-order valence-corrected chi connectivity index (χ1v) is 22.5. The number of hydrogen-bond donors (Lipinski definition) is 4. The number of terminal acetylenes is 1. The first-order valence-electron chi connectivity index (χ1n) is 20.6. The second-order valence-corrected chi connectivity index (χ2v) is 16.8. The summed E-state index contributed by atoms with van der Waals surface area (Å²) in [5.41, 5.74) is 5.60. The van der Waals surface area contributed by atoms with E-state index >= 15 is 0 Å². The zero-order chi connectivity index (χ0) is 41.8. The minimum Gasteiger partial charge on any atom is -0.387 e. The van der Waals surface area contributed by atoms with Crippen molar-refractivity contribution in [3.63, 3.8) is 0 Å². The molecule has 0 spiro atoms. The summed E-state index contributed by atoms with van der Waals surface area (Å²) >= 11 is 6.08. The zero-order valence-electron chi connectivity index (χ0n) is 33.7. The van der Waals surface area contributed by atoms with Crippen LogP contribution in [0.4, 0.5) is 5.82 Å². The molecule has 58 heavy (non-hydrogen) atoms. The predicted octanol–water partition coefficient (Wildman–Crippen LogP) is 7.78. The van der Waals surface area contributed by atoms with Crippen molar-refractivity contribution in [2.75, 3.05) is 32.2 Å². The van der Waals surface area contributed by atoms with Crippen LogP contribution >= 0.6 is 19.4 Å². The molecule has 3 aromatic rings. The van der Waals surface area contributed by atoms with Crippen LogP contribution in [0.15, 0.2) is 36.7 Å². The number of nitriles is 1. The van der Waals surface area contributed by atoms with E-state index in [0.717, 1.165) is 19.3 Å². The van der Waals surface area contributed by atoms with Gasteiger partial charge in [-0.3, -0.25) is 9.05 Å². The smallest absolute Gasteiger partial charge is 0.387 e. The normalized spacial score (nSPS) is 20.8. The van der Waals surface area contributed by atoms with Crippen molar-refractivity contribution in [3.8, 4) is 18.4 Å². The van der Waals surface area contributed by atoms with Gasteiger partial charge in [0.25, 0.3) is 0 Å². The molecule has 1 aliphatic heterocycles. The SMILES string of the molecule is C#C[C@@]1(c2ccc3c(N)ncnn23)O[C@H](COP(=O)(O)OC[C@@H](COCCCCCCCCCCCCCCCCCC)OCc2ccc(Cl)c(C#N)c2)[C@@H](O)[C@H]1O. The van der Waals surface area contributed by atoms with Crippen LogP contribution in [0, 0.1) is 23.7 Å². The second kappa shape index (κ2) is 24.8. The number of ether oxygens (including phenoxy) is 3. The number of halogens is 1. The number of nitrogens with two attached hydrogens (primary N) is 1. The van der Waals surface area contributed by atoms with E-state index in [2.05, 4.69) is 22.9 Å². The number of unbranched alkanes of at least 4 members (excludes halogenated alkanes) is 15. The van der Waals surface area contributed by atoms with Crippen LogP contribution in [0.2, 0.25) is 5.02 Å². The number of aromatic nitrogens is 3. The zero-order valence-corrected chi connectivity index (χ0v) is 35.3. The van der Waals surface area contributed by atoms with Gasteiger partial charge in [-0.05, 0) is 36.2 Å². The number of nitrogen functional groups attached to an aromatic ring is 1. The maximum Gasteiger partial charge on any atom is 0.472 e. The number of hydrogen-bond acceptors (Lipinski definition) is 12. The van der Waals surface area contributed by atoms with Gasteiger partial charge in [-0.15, -0.1) is 6.42 Å². The number of anilines is 1. The molecule has 1 fully saturated rings. The van der Waals surface area contributed by atoms with Crippen molar-refractivity contribution in [3.05, 3.63) is 58.5 Å². The Bertz CT molecular complexity index is 1820. The summed E-state index contributed by atoms with van der Waals surface area (Å²) in [4.78, 5) is 14.6. The van der Waals surface area contributed by atoms with Crippen molar-refractivity contribution in [2.45, 2.75) is 146 Å². The quantitative estimate of drug-likeness (QED) is 0.0300. The number of nitrogens with zero attached hydrogens (tertiary/aromatic N) is 4. The van der Waals surface area contributed by atoms with Gasteiger partial charge in [0.05, 0.1) is 42.7 Å². The van der Waals surface area contributed by atoms with Crippen molar-refractivity contribution >= 4 is 30.8 Å². The van der Waals surface area contributed by atoms with Crippen LogP contribution in [-0.4, -0.2) is 80.5 Å². The van der Waals surface area contributed by atoms with Crippen molar-refractivity contribution < 1.29 is 42.9 Å². The van der Waals surface area contributed by atoms with Gasteiger partial charge < -0.3 is 35.1 Å². The Balaban J connectivity index is 1.20. The lowest BCUT2D eigenvalue weighted by atomic mass is 9.92. The molecule has 0 saturated carbocycles. The van der Waals surface area contributed by atoms with Crippen molar-refractivity contribution in [1.82, 2.24) is 14.6 Å². The average molecular weight is 846 g/mol. The van der Waals surface area contributed by atoms with E-state index in [1.165, 1.54) is 100 Å². The van der Waals surface area contributed by atoms with Crippen LogP contribution < -0.4 is 5.73 Å². The Hall–Kier alpha value is -3.11. The summed E-state index contributed by atoms with van der Waals surface area (Å²) in [5, 5.41) is 35.8. The predicted molar refractivity (Wildman–Crippen MR) is 222 cm³/mol. The largest absolute Gasteiger partial charge is 0.472 e. The summed E-state index contributed by atoms with van der Waals surface area (Å²) in [6, 6.07) is 10.1. The highest BCUT2D eigenvalue weighted by molar-refractivity contribution is 7.47. The molecule has 4 rings (SSSR count). The van der Waals surface area contributed by atoms with Gasteiger partial charge in [-0.2, -0.15) is 10.4 Å². The number of aliphatic hydroxyl groups is 2. The lowest BCUT2D eigenvalue weighted by Gasteiger charge is -2.26. The summed E-state index contributed by atoms with van der Waals surface area (Å²) < 4.78 is 42.8. The number of fused-ring (bicyclic) bond motifs is 1. The van der Waals surface area contributed by atoms with Gasteiger partial charge in [0.2, 0.25) is 0 Å². The second-order valence-electron chi connectivity index (χ2n) is 14.9. The van der Waals surface area contributed by atoms with Crippen LogP contribution in [0.1, 0.15) is 126 Å². The molecule has 16 heteroatoms. The first-order chi connectivity index (χ1) is 28.0. The molecule has 14 nitrogen and oxygen atoms in total. The minimum absolute atomic E-state index is 0.0536. The van der Waals surface area contributed by atoms with Gasteiger partial charge in [0, 0.05) is 6.61 Å². The lowest BCUT2D eigenvalue weighted by molar-refractivity contribution is -0.0681. The fraction of sp³-hybridized carbons (Fsp3) is 0.643. The van der Waals surface area contributed by atoms with Gasteiger partial charge in [0.1, 0.15) is 42.3 Å². The monoisotopic (exact) mass is 845 g/mol. The summed E-state index contributed by atoms with van der Waals surface area (Å²) in [6.45, 7) is 1.83. The van der Waals surface area contributed by atoms with E-state index in [1.807, 2.05) is 6.07 Å². The molecular formula is C42H61ClN5O9P. The highest BCUT2D eigenvalue weighted by atomic mass is 35.5. The van der Waals surface area contributed by atoms with Gasteiger partial charge in [-0.25, -0.2) is 14.1 Å². The highest BCUT2D eigenvalue weighted by Gasteiger charge is 2.56. The van der Waals surface area contributed by atoms with Crippen LogP contribution in [0.5, 0.6) is 0 Å². The molecule has 2 aromatic heterocycles. The molecule has 0 bridgehead atoms. The Morgan fingerprint density at radius 3 is 2.24 bits per heavy atom. The van der Waals surface area contributed by atoms with E-state index in [1.54, 1.807) is 24.3 Å². The average Bonchev–Trinajstić information content (AvgIpc) is 3.77. The Morgan fingerprint density at radius 1 is 0.983 bits per heavy atom. The molecule has 6 atom stereocenters. The van der Waals surface area contributed by atoms with Crippen molar-refractivity contribution in [1.29, 1.82) is 5.26 Å². The summed E-state index contributed by atoms with van der Waals surface area (Å²) in [5.74, 6) is 2.57. The molecule has 1 saturated heterocycles. The Labute approximate surface area is 347 Å². The van der Waals surface area contributed by atoms with Gasteiger partial charge in [-0.1, -0.05) is 127 Å². The van der Waals surface area contributed by atoms with E-state index in [-0.39, 0.29) is 31.3 Å². The molecule has 0 radical (unpaired) electrons. The molecule has 0 aliphatic carbocycles. The fourth-order valence-corrected chi connectivity index (χ4v) is 7.97. The van der Waals surface area contributed by atoms with E-state index in [0.29, 0.717) is 28.3 Å². The molecule has 0 amide bonds. The Morgan fingerprint density at radius 2 is 1.62 bits per heavy atom. The molecule has 1 aliphatic rings. The number of aliphatic hydroxyl groups excluding tert-OH is 2. The van der Waals surface area contributed by atoms with E-state index in [9.17, 15) is 24.9 Å². The van der Waals surface area contributed by atoms with Gasteiger partial charge in [0.15, 0.2) is 11.4 Å². The van der Waals surface area contributed by atoms with Crippen LogP contribution in [0.25, 0.3) is 5.52 Å². The van der Waals surface area contributed by atoms with Gasteiger partial charge >= 0.3 is 7.82 Å². The Kier molecular flexibility index (Phi) is 20.4. The summed E-state index contributed by atoms with van der Waals surface area (Å²) in [7, 11) is -4.76. The molecule has 3 heterocycles. The molecule has 320 valence electrons. The van der Waals surface area contributed by atoms with E-state index < -0.39 is 44.4 Å². The number of rotatable bonds is 29. The number of phosphoric acid groups is 1. The third-order valence-corrected chi connectivity index (χ3v) is 11.7. The third kappa shape index (κ3) is 14.3. The number of phosphoric ester groups is 1. The highest BCUT2D eigenvalue weighted by Crippen LogP contribution is 2.46. The maximum atomic E-state index is 13.1. The molecular weight excluding hydrogens is 785 g/mol. The minimum atomic E-state index is -4.76. The van der Waals surface area contributed by atoms with Crippen molar-refractivity contribution in [2.24, 2.45) is 0 Å². The number of benzene rings is 1. The topological polar surface area (TPSA) is 204 Å². The summed E-state index contributed by atoms with van der Waals surface area (Å²) in [6.07, 6.45) is 22.0. The molecule has 5 N–H and O–H groups in total. The first kappa shape index (κ1) is 47.6. The fourth-order valence-electron chi connectivity index (χ4n) is 7.05. The maximum absolute atomic E-state index is 13.1. The lowest BCUT2D eigenvalue weighted by Crippen LogP contribution is -2.41. The van der Waals surface area contributed by atoms with E-state index in [4.69, 9.17) is 47.0 Å². The molecule has 1 aromatic carbocycles. The molecule has 1 unspecified atom stereocenters. The standard InChI is InChI=1S/C42H61ClN5O9P/c1-3-5-6-7-8-9-10-11-12-13-14-15-16-17-18-19-24-53-28-34(54-27-32-20-21-35(43)33(25-32)26-44)29-55-58(51,52)56-30-37-39(49)40(50)42(4-2,57-37)38-23-22-36-41(45)46-31-47-48(36)38/h2,20-23,25,31,34,37,39-40,49-50H,3,5-19,24,27-30H2,1H3,(H,51,52)(H2,45,46,47)/t34-,37-,39-,40-,42+/m1/s1.